The Labute approximate surface area is 178 Å². The molecule has 7 heteroatoms. The van der Waals surface area contributed by atoms with Gasteiger partial charge in [0.1, 0.15) is 11.3 Å². The van der Waals surface area contributed by atoms with E-state index in [0.717, 1.165) is 5.52 Å². The number of nitrogens with zero attached hydrogens (tertiary/aromatic N) is 2. The number of Topliss-reactive ketones (excluding diaryl/α,β-unsaturated/α-hetero) is 1. The zero-order valence-electron chi connectivity index (χ0n) is 17.2. The molecule has 4 rings (SSSR count). The number of halogens is 1. The molecule has 0 N–H and O–H groups in total. The summed E-state index contributed by atoms with van der Waals surface area (Å²) in [4.78, 5) is 29.0. The van der Waals surface area contributed by atoms with Crippen molar-refractivity contribution in [3.05, 3.63) is 83.3 Å². The molecule has 0 unspecified atom stereocenters. The maximum atomic E-state index is 14.2. The zero-order valence-corrected chi connectivity index (χ0v) is 17.2. The minimum absolute atomic E-state index is 0.0500. The number of carbonyl (C=O) groups excluding carboxylic acids is 2. The van der Waals surface area contributed by atoms with Crippen LogP contribution in [0.4, 0.5) is 4.39 Å². The van der Waals surface area contributed by atoms with Crippen molar-refractivity contribution in [2.75, 3.05) is 6.61 Å². The minimum Gasteiger partial charge on any atom is -0.457 e. The third-order valence-corrected chi connectivity index (χ3v) is 5.07. The quantitative estimate of drug-likeness (QED) is 0.319. The van der Waals surface area contributed by atoms with Crippen LogP contribution in [-0.4, -0.2) is 27.9 Å². The normalized spacial score (nSPS) is 11.1. The molecule has 0 saturated carbocycles. The molecule has 4 aromatic rings. The number of oxazole rings is 1. The van der Waals surface area contributed by atoms with Crippen molar-refractivity contribution in [1.29, 1.82) is 0 Å². The summed E-state index contributed by atoms with van der Waals surface area (Å²) in [7, 11) is 0. The van der Waals surface area contributed by atoms with Crippen LogP contribution in [0.15, 0.2) is 59.0 Å². The van der Waals surface area contributed by atoms with Gasteiger partial charge in [-0.3, -0.25) is 9.59 Å². The van der Waals surface area contributed by atoms with E-state index >= 15 is 0 Å². The van der Waals surface area contributed by atoms with Gasteiger partial charge in [-0.25, -0.2) is 9.37 Å². The predicted molar refractivity (Wildman–Crippen MR) is 113 cm³/mol. The van der Waals surface area contributed by atoms with Gasteiger partial charge in [-0.1, -0.05) is 24.3 Å². The molecule has 0 saturated heterocycles. The van der Waals surface area contributed by atoms with Gasteiger partial charge in [0.25, 0.3) is 0 Å². The van der Waals surface area contributed by atoms with E-state index in [1.165, 1.54) is 6.07 Å². The molecule has 31 heavy (non-hydrogen) atoms. The molecule has 0 atom stereocenters. The summed E-state index contributed by atoms with van der Waals surface area (Å²) < 4.78 is 26.6. The van der Waals surface area contributed by atoms with E-state index in [-0.39, 0.29) is 31.0 Å². The van der Waals surface area contributed by atoms with Gasteiger partial charge in [0.15, 0.2) is 18.1 Å². The Balaban J connectivity index is 1.38. The summed E-state index contributed by atoms with van der Waals surface area (Å²) in [6.45, 7) is 3.15. The van der Waals surface area contributed by atoms with E-state index in [9.17, 15) is 14.0 Å². The smallest absolute Gasteiger partial charge is 0.306 e. The van der Waals surface area contributed by atoms with E-state index in [4.69, 9.17) is 9.15 Å². The summed E-state index contributed by atoms with van der Waals surface area (Å²) in [6, 6.07) is 15.4. The summed E-state index contributed by atoms with van der Waals surface area (Å²) in [5.74, 6) is -0.795. The number of ketones is 1. The lowest BCUT2D eigenvalue weighted by atomic mass is 10.1. The molecule has 0 bridgehead atoms. The molecule has 0 fully saturated rings. The topological polar surface area (TPSA) is 74.3 Å². The van der Waals surface area contributed by atoms with Gasteiger partial charge in [-0.05, 0) is 44.2 Å². The second-order valence-electron chi connectivity index (χ2n) is 7.23. The largest absolute Gasteiger partial charge is 0.457 e. The molecule has 2 aromatic heterocycles. The number of esters is 1. The number of rotatable bonds is 7. The molecule has 6 nitrogen and oxygen atoms in total. The number of hydrogen-bond acceptors (Lipinski definition) is 5. The van der Waals surface area contributed by atoms with E-state index in [1.54, 1.807) is 48.7 Å². The van der Waals surface area contributed by atoms with Crippen molar-refractivity contribution >= 4 is 22.9 Å². The lowest BCUT2D eigenvalue weighted by Gasteiger charge is -2.10. The van der Waals surface area contributed by atoms with Gasteiger partial charge in [0, 0.05) is 23.4 Å². The van der Waals surface area contributed by atoms with Gasteiger partial charge < -0.3 is 13.7 Å². The van der Waals surface area contributed by atoms with Gasteiger partial charge in [-0.15, -0.1) is 0 Å². The highest BCUT2D eigenvalue weighted by molar-refractivity contribution is 5.99. The van der Waals surface area contributed by atoms with Crippen LogP contribution in [0.3, 0.4) is 0 Å². The Kier molecular flexibility index (Phi) is 5.66. The molecule has 0 aliphatic heterocycles. The molecule has 0 amide bonds. The number of hydrogen-bond donors (Lipinski definition) is 0. The molecule has 0 aliphatic rings. The second-order valence-corrected chi connectivity index (χ2v) is 7.23. The van der Waals surface area contributed by atoms with E-state index in [2.05, 4.69) is 4.98 Å². The molecule has 2 aromatic carbocycles. The first-order valence-corrected chi connectivity index (χ1v) is 9.91. The van der Waals surface area contributed by atoms with Crippen LogP contribution in [-0.2, 0) is 16.0 Å². The van der Waals surface area contributed by atoms with E-state index in [0.29, 0.717) is 34.1 Å². The number of aryl methyl sites for hydroxylation is 2. The van der Waals surface area contributed by atoms with Crippen LogP contribution in [0.5, 0.6) is 0 Å². The van der Waals surface area contributed by atoms with Gasteiger partial charge in [-0.2, -0.15) is 0 Å². The Hall–Kier alpha value is -3.74. The Morgan fingerprint density at radius 2 is 1.84 bits per heavy atom. The Morgan fingerprint density at radius 1 is 1.10 bits per heavy atom. The van der Waals surface area contributed by atoms with Crippen LogP contribution in [0.2, 0.25) is 0 Å². The summed E-state index contributed by atoms with van der Waals surface area (Å²) in [6.07, 6.45) is 0.331. The third kappa shape index (κ3) is 4.26. The molecule has 0 aliphatic carbocycles. The molecule has 0 spiro atoms. The molecule has 158 valence electrons. The van der Waals surface area contributed by atoms with Gasteiger partial charge in [0.05, 0.1) is 12.1 Å². The number of aromatic nitrogens is 2. The van der Waals surface area contributed by atoms with Crippen LogP contribution in [0.1, 0.15) is 34.1 Å². The highest BCUT2D eigenvalue weighted by Gasteiger charge is 2.19. The first-order valence-electron chi connectivity index (χ1n) is 9.91. The number of carbonyl (C=O) groups is 2. The summed E-state index contributed by atoms with van der Waals surface area (Å²) >= 11 is 0. The lowest BCUT2D eigenvalue weighted by Crippen LogP contribution is -2.15. The molecule has 2 heterocycles. The van der Waals surface area contributed by atoms with Gasteiger partial charge >= 0.3 is 5.97 Å². The SMILES string of the molecule is Cc1cc(C(=O)COC(=O)CCc2nc3ccccc3o2)c(C)n1-c1ccccc1F. The number of fused-ring (bicyclic) bond motifs is 1. The number of ether oxygens (including phenoxy) is 1. The fourth-order valence-corrected chi connectivity index (χ4v) is 3.58. The second kappa shape index (κ2) is 8.55. The Bertz CT molecular complexity index is 1240. The molecular weight excluding hydrogens is 399 g/mol. The van der Waals surface area contributed by atoms with E-state index < -0.39 is 5.97 Å². The maximum Gasteiger partial charge on any atom is 0.306 e. The van der Waals surface area contributed by atoms with Crippen LogP contribution in [0.25, 0.3) is 16.8 Å². The summed E-state index contributed by atoms with van der Waals surface area (Å²) in [5.41, 5.74) is 3.46. The van der Waals surface area contributed by atoms with Crippen LogP contribution < -0.4 is 0 Å². The fourth-order valence-electron chi connectivity index (χ4n) is 3.58. The van der Waals surface area contributed by atoms with E-state index in [1.807, 2.05) is 18.2 Å². The highest BCUT2D eigenvalue weighted by Crippen LogP contribution is 2.23. The molecule has 0 radical (unpaired) electrons. The van der Waals surface area contributed by atoms with Crippen molar-refractivity contribution in [3.8, 4) is 5.69 Å². The Morgan fingerprint density at radius 3 is 2.61 bits per heavy atom. The first-order chi connectivity index (χ1) is 14.9. The monoisotopic (exact) mass is 420 g/mol. The first kappa shape index (κ1) is 20.5. The molecular formula is C24H21FN2O4. The van der Waals surface area contributed by atoms with Crippen LogP contribution >= 0.6 is 0 Å². The standard InChI is InChI=1S/C24H21FN2O4/c1-15-13-17(16(2)27(15)20-9-5-3-7-18(20)25)21(28)14-30-24(29)12-11-23-26-19-8-4-6-10-22(19)31-23/h3-10,13H,11-12,14H2,1-2H3. The van der Waals surface area contributed by atoms with Crippen molar-refractivity contribution in [2.45, 2.75) is 26.7 Å². The van der Waals surface area contributed by atoms with Crippen molar-refractivity contribution in [3.63, 3.8) is 0 Å². The van der Waals surface area contributed by atoms with Crippen LogP contribution in [0, 0.1) is 19.7 Å². The average Bonchev–Trinajstić information content (AvgIpc) is 3.31. The predicted octanol–water partition coefficient (Wildman–Crippen LogP) is 4.73. The maximum absolute atomic E-state index is 14.2. The van der Waals surface area contributed by atoms with Gasteiger partial charge in [0.2, 0.25) is 5.78 Å². The van der Waals surface area contributed by atoms with Crippen molar-refractivity contribution < 1.29 is 23.1 Å². The third-order valence-electron chi connectivity index (χ3n) is 5.07. The lowest BCUT2D eigenvalue weighted by molar-refractivity contribution is -0.142. The minimum atomic E-state index is -0.515. The highest BCUT2D eigenvalue weighted by atomic mass is 19.1. The average molecular weight is 420 g/mol. The summed E-state index contributed by atoms with van der Waals surface area (Å²) in [5, 5.41) is 0. The van der Waals surface area contributed by atoms with Crippen molar-refractivity contribution in [2.24, 2.45) is 0 Å². The number of benzene rings is 2. The zero-order chi connectivity index (χ0) is 22.0. The number of para-hydroxylation sites is 3. The fraction of sp³-hybridized carbons (Fsp3) is 0.208. The van der Waals surface area contributed by atoms with Crippen molar-refractivity contribution in [1.82, 2.24) is 9.55 Å².